The number of halogens is 1. The summed E-state index contributed by atoms with van der Waals surface area (Å²) in [5, 5.41) is 0.718. The molecule has 3 rings (SSSR count). The number of carbonyl (C=O) groups is 1. The average Bonchev–Trinajstić information content (AvgIpc) is 2.48. The molecule has 3 aromatic rings. The second kappa shape index (κ2) is 5.61. The first-order chi connectivity index (χ1) is 10.5. The van der Waals surface area contributed by atoms with Crippen LogP contribution in [0, 0.1) is 0 Å². The van der Waals surface area contributed by atoms with Crippen LogP contribution < -0.4 is 10.3 Å². The molecule has 0 aliphatic heterocycles. The smallest absolute Gasteiger partial charge is 0.308 e. The van der Waals surface area contributed by atoms with E-state index in [-0.39, 0.29) is 11.6 Å². The molecule has 22 heavy (non-hydrogen) atoms. The SMILES string of the molecule is CC(=O)Oc1ccccc1-c1nc(=O)c2cc(Cl)ccc2o1. The minimum absolute atomic E-state index is 0.0803. The number of fused-ring (bicyclic) bond motifs is 1. The molecule has 0 saturated carbocycles. The van der Waals surface area contributed by atoms with Gasteiger partial charge in [-0.15, -0.1) is 0 Å². The zero-order chi connectivity index (χ0) is 15.7. The molecular formula is C16H10ClNO4. The topological polar surface area (TPSA) is 69.4 Å². The van der Waals surface area contributed by atoms with E-state index in [1.807, 2.05) is 0 Å². The minimum Gasteiger partial charge on any atom is -0.437 e. The number of hydrogen-bond donors (Lipinski definition) is 0. The lowest BCUT2D eigenvalue weighted by atomic mass is 10.2. The summed E-state index contributed by atoms with van der Waals surface area (Å²) in [6.07, 6.45) is 0. The van der Waals surface area contributed by atoms with Gasteiger partial charge in [-0.1, -0.05) is 23.7 Å². The van der Waals surface area contributed by atoms with E-state index in [1.165, 1.54) is 13.0 Å². The summed E-state index contributed by atoms with van der Waals surface area (Å²) >= 11 is 5.86. The number of aromatic nitrogens is 1. The van der Waals surface area contributed by atoms with Gasteiger partial charge in [-0.2, -0.15) is 4.98 Å². The highest BCUT2D eigenvalue weighted by atomic mass is 35.5. The lowest BCUT2D eigenvalue weighted by Gasteiger charge is -2.07. The molecule has 5 nitrogen and oxygen atoms in total. The van der Waals surface area contributed by atoms with E-state index >= 15 is 0 Å². The fourth-order valence-electron chi connectivity index (χ4n) is 2.04. The van der Waals surface area contributed by atoms with Gasteiger partial charge in [-0.3, -0.25) is 9.59 Å². The summed E-state index contributed by atoms with van der Waals surface area (Å²) in [5.74, 6) is -0.113. The molecule has 0 saturated heterocycles. The standard InChI is InChI=1S/C16H10ClNO4/c1-9(19)21-13-5-3-2-4-11(13)16-18-15(20)12-8-10(17)6-7-14(12)22-16/h2-8H,1H3. The zero-order valence-corrected chi connectivity index (χ0v) is 12.3. The van der Waals surface area contributed by atoms with Gasteiger partial charge in [0.25, 0.3) is 5.56 Å². The summed E-state index contributed by atoms with van der Waals surface area (Å²) < 4.78 is 10.8. The predicted molar refractivity (Wildman–Crippen MR) is 82.0 cm³/mol. The molecule has 1 heterocycles. The minimum atomic E-state index is -0.470. The number of ether oxygens (including phenoxy) is 1. The molecule has 1 aromatic heterocycles. The first-order valence-corrected chi connectivity index (χ1v) is 6.80. The molecule has 0 aliphatic rings. The molecule has 0 bridgehead atoms. The van der Waals surface area contributed by atoms with Gasteiger partial charge in [0.05, 0.1) is 10.9 Å². The molecule has 0 atom stereocenters. The van der Waals surface area contributed by atoms with Gasteiger partial charge in [-0.25, -0.2) is 0 Å². The summed E-state index contributed by atoms with van der Waals surface area (Å²) in [6, 6.07) is 11.4. The van der Waals surface area contributed by atoms with Gasteiger partial charge >= 0.3 is 5.97 Å². The van der Waals surface area contributed by atoms with Crippen molar-refractivity contribution in [3.05, 3.63) is 57.8 Å². The monoisotopic (exact) mass is 315 g/mol. The third kappa shape index (κ3) is 2.71. The Morgan fingerprint density at radius 3 is 2.77 bits per heavy atom. The molecule has 6 heteroatoms. The molecule has 0 spiro atoms. The van der Waals surface area contributed by atoms with Crippen molar-refractivity contribution in [2.45, 2.75) is 6.92 Å². The maximum Gasteiger partial charge on any atom is 0.308 e. The van der Waals surface area contributed by atoms with Crippen LogP contribution in [0.15, 0.2) is 51.7 Å². The second-order valence-electron chi connectivity index (χ2n) is 4.55. The third-order valence-electron chi connectivity index (χ3n) is 2.95. The van der Waals surface area contributed by atoms with Crippen molar-refractivity contribution < 1.29 is 13.9 Å². The summed E-state index contributed by atoms with van der Waals surface area (Å²) in [7, 11) is 0. The Morgan fingerprint density at radius 2 is 2.00 bits per heavy atom. The molecule has 2 aromatic carbocycles. The Kier molecular flexibility index (Phi) is 3.65. The molecule has 0 amide bonds. The summed E-state index contributed by atoms with van der Waals surface area (Å²) in [6.45, 7) is 1.29. The first-order valence-electron chi connectivity index (χ1n) is 6.43. The lowest BCUT2D eigenvalue weighted by molar-refractivity contribution is -0.131. The van der Waals surface area contributed by atoms with Crippen LogP contribution in [0.4, 0.5) is 0 Å². The Balaban J connectivity index is 2.21. The van der Waals surface area contributed by atoms with Crippen LogP contribution in [0.2, 0.25) is 5.02 Å². The highest BCUT2D eigenvalue weighted by molar-refractivity contribution is 6.31. The van der Waals surface area contributed by atoms with Crippen molar-refractivity contribution in [2.75, 3.05) is 0 Å². The van der Waals surface area contributed by atoms with Crippen molar-refractivity contribution in [2.24, 2.45) is 0 Å². The quantitative estimate of drug-likeness (QED) is 0.535. The normalized spacial score (nSPS) is 10.6. The maximum atomic E-state index is 12.1. The van der Waals surface area contributed by atoms with Gasteiger partial charge < -0.3 is 9.15 Å². The zero-order valence-electron chi connectivity index (χ0n) is 11.5. The van der Waals surface area contributed by atoms with Crippen molar-refractivity contribution in [3.63, 3.8) is 0 Å². The molecule has 0 unspecified atom stereocenters. The van der Waals surface area contributed by atoms with E-state index in [0.717, 1.165) is 0 Å². The van der Waals surface area contributed by atoms with E-state index < -0.39 is 11.5 Å². The van der Waals surface area contributed by atoms with Crippen LogP contribution in [-0.2, 0) is 4.79 Å². The van der Waals surface area contributed by atoms with Crippen LogP contribution in [0.1, 0.15) is 6.92 Å². The van der Waals surface area contributed by atoms with Crippen molar-refractivity contribution in [1.29, 1.82) is 0 Å². The second-order valence-corrected chi connectivity index (χ2v) is 4.99. The third-order valence-corrected chi connectivity index (χ3v) is 3.19. The van der Waals surface area contributed by atoms with Crippen molar-refractivity contribution in [1.82, 2.24) is 4.98 Å². The number of esters is 1. The van der Waals surface area contributed by atoms with Crippen molar-refractivity contribution in [3.8, 4) is 17.2 Å². The van der Waals surface area contributed by atoms with Gasteiger partial charge in [0.1, 0.15) is 11.3 Å². The van der Waals surface area contributed by atoms with Crippen LogP contribution >= 0.6 is 11.6 Å². The average molecular weight is 316 g/mol. The highest BCUT2D eigenvalue weighted by Gasteiger charge is 2.14. The molecule has 110 valence electrons. The summed E-state index contributed by atoms with van der Waals surface area (Å²) in [5.41, 5.74) is 0.319. The number of nitrogens with zero attached hydrogens (tertiary/aromatic N) is 1. The van der Waals surface area contributed by atoms with Crippen molar-refractivity contribution >= 4 is 28.5 Å². The Morgan fingerprint density at radius 1 is 1.23 bits per heavy atom. The molecule has 0 aliphatic carbocycles. The maximum absolute atomic E-state index is 12.1. The summed E-state index contributed by atoms with van der Waals surface area (Å²) in [4.78, 5) is 27.2. The molecule has 0 fully saturated rings. The van der Waals surface area contributed by atoms with E-state index in [2.05, 4.69) is 4.98 Å². The Hall–Kier alpha value is -2.66. The Bertz CT molecular complexity index is 933. The largest absolute Gasteiger partial charge is 0.437 e. The van der Waals surface area contributed by atoms with E-state index in [1.54, 1.807) is 36.4 Å². The number of para-hydroxylation sites is 1. The number of hydrogen-bond acceptors (Lipinski definition) is 5. The van der Waals surface area contributed by atoms with Gasteiger partial charge in [0, 0.05) is 11.9 Å². The van der Waals surface area contributed by atoms with Crippen LogP contribution in [0.25, 0.3) is 22.4 Å². The number of carbonyl (C=O) groups excluding carboxylic acids is 1. The van der Waals surface area contributed by atoms with Gasteiger partial charge in [-0.05, 0) is 30.3 Å². The van der Waals surface area contributed by atoms with Crippen LogP contribution in [0.3, 0.4) is 0 Å². The fourth-order valence-corrected chi connectivity index (χ4v) is 2.21. The fraction of sp³-hybridized carbons (Fsp3) is 0.0625. The lowest BCUT2D eigenvalue weighted by Crippen LogP contribution is -2.08. The molecule has 0 radical (unpaired) electrons. The van der Waals surface area contributed by atoms with Crippen LogP contribution in [0.5, 0.6) is 5.75 Å². The molecule has 0 N–H and O–H groups in total. The highest BCUT2D eigenvalue weighted by Crippen LogP contribution is 2.29. The first kappa shape index (κ1) is 14.3. The number of benzene rings is 2. The van der Waals surface area contributed by atoms with E-state index in [4.69, 9.17) is 20.8 Å². The van der Waals surface area contributed by atoms with Crippen LogP contribution in [-0.4, -0.2) is 11.0 Å². The predicted octanol–water partition coefficient (Wildman–Crippen LogP) is 3.43. The van der Waals surface area contributed by atoms with Gasteiger partial charge in [0.2, 0.25) is 5.89 Å². The molecular weight excluding hydrogens is 306 g/mol. The van der Waals surface area contributed by atoms with Gasteiger partial charge in [0.15, 0.2) is 0 Å². The Labute approximate surface area is 130 Å². The van der Waals surface area contributed by atoms with E-state index in [0.29, 0.717) is 21.6 Å². The van der Waals surface area contributed by atoms with E-state index in [9.17, 15) is 9.59 Å². The number of rotatable bonds is 2.